The molecule has 0 saturated carbocycles. The second-order valence-corrected chi connectivity index (χ2v) is 5.14. The first-order chi connectivity index (χ1) is 9.02. The molecule has 0 fully saturated rings. The van der Waals surface area contributed by atoms with Crippen molar-refractivity contribution in [2.24, 2.45) is 0 Å². The fourth-order valence-corrected chi connectivity index (χ4v) is 2.31. The van der Waals surface area contributed by atoms with Gasteiger partial charge >= 0.3 is 0 Å². The molecule has 0 aromatic heterocycles. The summed E-state index contributed by atoms with van der Waals surface area (Å²) in [4.78, 5) is 0. The maximum absolute atomic E-state index is 10.5. The Morgan fingerprint density at radius 1 is 1.11 bits per heavy atom. The van der Waals surface area contributed by atoms with E-state index in [0.29, 0.717) is 21.4 Å². The molecule has 1 atom stereocenters. The molecule has 4 heteroatoms. The molecule has 0 spiro atoms. The lowest BCUT2D eigenvalue weighted by molar-refractivity contribution is 0.219. The van der Waals surface area contributed by atoms with Gasteiger partial charge < -0.3 is 9.84 Å². The predicted molar refractivity (Wildman–Crippen MR) is 78.3 cm³/mol. The molecule has 0 aliphatic carbocycles. The van der Waals surface area contributed by atoms with E-state index in [2.05, 4.69) is 0 Å². The summed E-state index contributed by atoms with van der Waals surface area (Å²) in [6.45, 7) is 1.93. The van der Waals surface area contributed by atoms with Gasteiger partial charge in [0.1, 0.15) is 11.9 Å². The maximum atomic E-state index is 10.5. The van der Waals surface area contributed by atoms with E-state index in [0.717, 1.165) is 11.1 Å². The van der Waals surface area contributed by atoms with Crippen LogP contribution >= 0.6 is 23.2 Å². The Hall–Kier alpha value is -1.22. The number of benzene rings is 2. The maximum Gasteiger partial charge on any atom is 0.137 e. The van der Waals surface area contributed by atoms with E-state index in [1.165, 1.54) is 0 Å². The van der Waals surface area contributed by atoms with Crippen molar-refractivity contribution in [2.75, 3.05) is 7.11 Å². The summed E-state index contributed by atoms with van der Waals surface area (Å²) in [6, 6.07) is 10.7. The molecule has 2 aromatic rings. The van der Waals surface area contributed by atoms with Gasteiger partial charge in [0.15, 0.2) is 0 Å². The molecule has 0 bridgehead atoms. The van der Waals surface area contributed by atoms with E-state index in [9.17, 15) is 5.11 Å². The number of halogens is 2. The number of aliphatic hydroxyl groups is 1. The van der Waals surface area contributed by atoms with E-state index in [4.69, 9.17) is 27.9 Å². The van der Waals surface area contributed by atoms with Crippen molar-refractivity contribution < 1.29 is 9.84 Å². The highest BCUT2D eigenvalue weighted by Crippen LogP contribution is 2.32. The molecule has 0 amide bonds. The van der Waals surface area contributed by atoms with Crippen LogP contribution in [0.5, 0.6) is 5.75 Å². The molecule has 2 aromatic carbocycles. The normalized spacial score (nSPS) is 12.3. The highest BCUT2D eigenvalue weighted by molar-refractivity contribution is 6.32. The van der Waals surface area contributed by atoms with Gasteiger partial charge in [-0.05, 0) is 47.9 Å². The molecular formula is C15H14Cl2O2. The molecule has 19 heavy (non-hydrogen) atoms. The molecule has 0 radical (unpaired) electrons. The van der Waals surface area contributed by atoms with Gasteiger partial charge in [-0.2, -0.15) is 0 Å². The largest absolute Gasteiger partial charge is 0.495 e. The summed E-state index contributed by atoms with van der Waals surface area (Å²) in [7, 11) is 1.54. The lowest BCUT2D eigenvalue weighted by Crippen LogP contribution is -2.02. The van der Waals surface area contributed by atoms with Crippen LogP contribution in [0.25, 0.3) is 0 Å². The third-order valence-electron chi connectivity index (χ3n) is 3.03. The van der Waals surface area contributed by atoms with Gasteiger partial charge in [0, 0.05) is 5.02 Å². The van der Waals surface area contributed by atoms with E-state index in [1.54, 1.807) is 37.4 Å². The summed E-state index contributed by atoms with van der Waals surface area (Å²) in [6.07, 6.45) is -0.759. The number of hydrogen-bond acceptors (Lipinski definition) is 2. The Balaban J connectivity index is 2.43. The second kappa shape index (κ2) is 5.83. The lowest BCUT2D eigenvalue weighted by atomic mass is 9.97. The van der Waals surface area contributed by atoms with E-state index < -0.39 is 6.10 Å². The van der Waals surface area contributed by atoms with Crippen molar-refractivity contribution in [1.29, 1.82) is 0 Å². The van der Waals surface area contributed by atoms with Crippen molar-refractivity contribution in [2.45, 2.75) is 13.0 Å². The zero-order chi connectivity index (χ0) is 14.0. The average Bonchev–Trinajstić information content (AvgIpc) is 2.41. The van der Waals surface area contributed by atoms with Gasteiger partial charge in [-0.25, -0.2) is 0 Å². The molecule has 1 unspecified atom stereocenters. The van der Waals surface area contributed by atoms with Crippen LogP contribution in [0.4, 0.5) is 0 Å². The number of hydrogen-bond donors (Lipinski definition) is 1. The Morgan fingerprint density at radius 2 is 1.84 bits per heavy atom. The number of aryl methyl sites for hydroxylation is 1. The predicted octanol–water partition coefficient (Wildman–Crippen LogP) is 4.39. The van der Waals surface area contributed by atoms with Crippen molar-refractivity contribution in [3.05, 3.63) is 63.1 Å². The van der Waals surface area contributed by atoms with Gasteiger partial charge in [0.05, 0.1) is 12.1 Å². The fraction of sp³-hybridized carbons (Fsp3) is 0.200. The number of ether oxygens (including phenoxy) is 1. The van der Waals surface area contributed by atoms with Gasteiger partial charge in [0.25, 0.3) is 0 Å². The minimum absolute atomic E-state index is 0.515. The molecule has 100 valence electrons. The third-order valence-corrected chi connectivity index (χ3v) is 3.57. The molecule has 0 aliphatic heterocycles. The highest BCUT2D eigenvalue weighted by Gasteiger charge is 2.15. The van der Waals surface area contributed by atoms with E-state index >= 15 is 0 Å². The van der Waals surface area contributed by atoms with Gasteiger partial charge in [-0.15, -0.1) is 0 Å². The highest BCUT2D eigenvalue weighted by atomic mass is 35.5. The van der Waals surface area contributed by atoms with Crippen molar-refractivity contribution in [1.82, 2.24) is 0 Å². The summed E-state index contributed by atoms with van der Waals surface area (Å²) >= 11 is 12.0. The quantitative estimate of drug-likeness (QED) is 0.910. The molecule has 2 rings (SSSR count). The van der Waals surface area contributed by atoms with Crippen LogP contribution in [0.15, 0.2) is 36.4 Å². The standard InChI is InChI=1S/C15H14Cl2O2/c1-9-3-5-11(16)8-12(9)15(18)10-4-6-13(17)14(7-10)19-2/h3-8,15,18H,1-2H3. The summed E-state index contributed by atoms with van der Waals surface area (Å²) in [5.74, 6) is 0.540. The molecule has 0 saturated heterocycles. The Morgan fingerprint density at radius 3 is 2.53 bits per heavy atom. The van der Waals surface area contributed by atoms with Crippen LogP contribution in [-0.4, -0.2) is 12.2 Å². The van der Waals surface area contributed by atoms with Crippen LogP contribution in [0, 0.1) is 6.92 Å². The lowest BCUT2D eigenvalue weighted by Gasteiger charge is -2.16. The molecular weight excluding hydrogens is 283 g/mol. The SMILES string of the molecule is COc1cc(C(O)c2cc(Cl)ccc2C)ccc1Cl. The first kappa shape index (κ1) is 14.2. The zero-order valence-corrected chi connectivity index (χ0v) is 12.2. The van der Waals surface area contributed by atoms with Crippen LogP contribution in [0.3, 0.4) is 0 Å². The Bertz CT molecular complexity index is 597. The summed E-state index contributed by atoms with van der Waals surface area (Å²) < 4.78 is 5.16. The van der Waals surface area contributed by atoms with Crippen LogP contribution in [-0.2, 0) is 0 Å². The van der Waals surface area contributed by atoms with Gasteiger partial charge in [-0.3, -0.25) is 0 Å². The Kier molecular flexibility index (Phi) is 4.35. The van der Waals surface area contributed by atoms with E-state index in [1.807, 2.05) is 13.0 Å². The second-order valence-electron chi connectivity index (χ2n) is 4.30. The number of methoxy groups -OCH3 is 1. The summed E-state index contributed by atoms with van der Waals surface area (Å²) in [5, 5.41) is 11.6. The number of aliphatic hydroxyl groups excluding tert-OH is 1. The van der Waals surface area contributed by atoms with Crippen molar-refractivity contribution >= 4 is 23.2 Å². The fourth-order valence-electron chi connectivity index (χ4n) is 1.93. The monoisotopic (exact) mass is 296 g/mol. The van der Waals surface area contributed by atoms with Crippen molar-refractivity contribution in [3.8, 4) is 5.75 Å². The average molecular weight is 297 g/mol. The Labute approximate surface area is 122 Å². The topological polar surface area (TPSA) is 29.5 Å². The molecule has 1 N–H and O–H groups in total. The minimum atomic E-state index is -0.759. The van der Waals surface area contributed by atoms with Crippen molar-refractivity contribution in [3.63, 3.8) is 0 Å². The summed E-state index contributed by atoms with van der Waals surface area (Å²) in [5.41, 5.74) is 2.47. The molecule has 0 aliphatic rings. The smallest absolute Gasteiger partial charge is 0.137 e. The zero-order valence-electron chi connectivity index (χ0n) is 10.7. The van der Waals surface area contributed by atoms with Crippen LogP contribution in [0.1, 0.15) is 22.8 Å². The number of rotatable bonds is 3. The van der Waals surface area contributed by atoms with Gasteiger partial charge in [0.2, 0.25) is 0 Å². The van der Waals surface area contributed by atoms with Gasteiger partial charge in [-0.1, -0.05) is 35.3 Å². The van der Waals surface area contributed by atoms with Crippen LogP contribution in [0.2, 0.25) is 10.0 Å². The molecule has 0 heterocycles. The van der Waals surface area contributed by atoms with E-state index in [-0.39, 0.29) is 0 Å². The third kappa shape index (κ3) is 3.03. The molecule has 2 nitrogen and oxygen atoms in total. The first-order valence-electron chi connectivity index (χ1n) is 5.80. The van der Waals surface area contributed by atoms with Crippen LogP contribution < -0.4 is 4.74 Å². The first-order valence-corrected chi connectivity index (χ1v) is 6.56. The minimum Gasteiger partial charge on any atom is -0.495 e.